The Morgan fingerprint density at radius 2 is 1.87 bits per heavy atom. The SMILES string of the molecule is CCCCCCN1CCC2(CC1)NC(=O)N(CCC(=O)O)C2=O. The number of carboxylic acids is 1. The van der Waals surface area contributed by atoms with Gasteiger partial charge in [0, 0.05) is 19.6 Å². The van der Waals surface area contributed by atoms with Gasteiger partial charge in [-0.25, -0.2) is 4.79 Å². The highest BCUT2D eigenvalue weighted by Crippen LogP contribution is 2.29. The molecule has 2 N–H and O–H groups in total. The summed E-state index contributed by atoms with van der Waals surface area (Å²) in [6.45, 7) is 4.77. The van der Waals surface area contributed by atoms with Crippen LogP contribution in [0, 0.1) is 0 Å². The number of hydrogen-bond acceptors (Lipinski definition) is 4. The molecule has 0 aromatic heterocycles. The topological polar surface area (TPSA) is 90.0 Å². The van der Waals surface area contributed by atoms with E-state index in [0.29, 0.717) is 12.8 Å². The average molecular weight is 325 g/mol. The van der Waals surface area contributed by atoms with Gasteiger partial charge in [0.2, 0.25) is 0 Å². The van der Waals surface area contributed by atoms with Crippen LogP contribution in [0.1, 0.15) is 51.9 Å². The number of likely N-dealkylation sites (tertiary alicyclic amines) is 1. The highest BCUT2D eigenvalue weighted by Gasteiger charge is 2.52. The average Bonchev–Trinajstić information content (AvgIpc) is 2.74. The van der Waals surface area contributed by atoms with Crippen molar-refractivity contribution in [3.05, 3.63) is 0 Å². The molecule has 23 heavy (non-hydrogen) atoms. The first-order chi connectivity index (χ1) is 11.0. The molecule has 2 aliphatic heterocycles. The molecule has 2 saturated heterocycles. The minimum atomic E-state index is -1.01. The maximum Gasteiger partial charge on any atom is 0.325 e. The van der Waals surface area contributed by atoms with Gasteiger partial charge in [0.15, 0.2) is 0 Å². The van der Waals surface area contributed by atoms with E-state index in [4.69, 9.17) is 5.11 Å². The zero-order valence-electron chi connectivity index (χ0n) is 13.8. The van der Waals surface area contributed by atoms with E-state index in [2.05, 4.69) is 17.1 Å². The van der Waals surface area contributed by atoms with E-state index >= 15 is 0 Å². The summed E-state index contributed by atoms with van der Waals surface area (Å²) >= 11 is 0. The molecule has 0 unspecified atom stereocenters. The first-order valence-corrected chi connectivity index (χ1v) is 8.57. The number of amides is 3. The molecule has 2 aliphatic rings. The Bertz CT molecular complexity index is 458. The highest BCUT2D eigenvalue weighted by molar-refractivity contribution is 6.07. The van der Waals surface area contributed by atoms with Gasteiger partial charge in [-0.05, 0) is 25.8 Å². The van der Waals surface area contributed by atoms with Crippen molar-refractivity contribution in [3.8, 4) is 0 Å². The number of urea groups is 1. The summed E-state index contributed by atoms with van der Waals surface area (Å²) in [5.41, 5.74) is -0.810. The number of unbranched alkanes of at least 4 members (excludes halogenated alkanes) is 3. The number of aliphatic carboxylic acids is 1. The van der Waals surface area contributed by atoms with Gasteiger partial charge in [0.25, 0.3) is 5.91 Å². The van der Waals surface area contributed by atoms with Gasteiger partial charge in [-0.1, -0.05) is 26.2 Å². The molecule has 2 fully saturated rings. The molecule has 0 atom stereocenters. The maximum atomic E-state index is 12.5. The van der Waals surface area contributed by atoms with Gasteiger partial charge >= 0.3 is 12.0 Å². The van der Waals surface area contributed by atoms with E-state index in [-0.39, 0.29) is 18.9 Å². The third kappa shape index (κ3) is 4.22. The zero-order valence-corrected chi connectivity index (χ0v) is 13.8. The van der Waals surface area contributed by atoms with E-state index in [0.717, 1.165) is 24.5 Å². The van der Waals surface area contributed by atoms with Crippen molar-refractivity contribution >= 4 is 17.9 Å². The minimum Gasteiger partial charge on any atom is -0.481 e. The number of nitrogens with one attached hydrogen (secondary N) is 1. The van der Waals surface area contributed by atoms with Crippen LogP contribution in [0.5, 0.6) is 0 Å². The largest absolute Gasteiger partial charge is 0.481 e. The molecule has 1 spiro atoms. The van der Waals surface area contributed by atoms with Crippen LogP contribution in [0.15, 0.2) is 0 Å². The first kappa shape index (κ1) is 17.7. The van der Waals surface area contributed by atoms with Gasteiger partial charge in [-0.15, -0.1) is 0 Å². The number of nitrogens with zero attached hydrogens (tertiary/aromatic N) is 2. The van der Waals surface area contributed by atoms with E-state index in [1.165, 1.54) is 25.7 Å². The summed E-state index contributed by atoms with van der Waals surface area (Å²) in [5, 5.41) is 11.5. The number of piperidine rings is 1. The smallest absolute Gasteiger partial charge is 0.325 e. The summed E-state index contributed by atoms with van der Waals surface area (Å²) < 4.78 is 0. The molecule has 0 aromatic rings. The maximum absolute atomic E-state index is 12.5. The van der Waals surface area contributed by atoms with Crippen LogP contribution in [0.2, 0.25) is 0 Å². The summed E-state index contributed by atoms with van der Waals surface area (Å²) in [5.74, 6) is -1.26. The van der Waals surface area contributed by atoms with E-state index in [1.54, 1.807) is 0 Å². The highest BCUT2D eigenvalue weighted by atomic mass is 16.4. The molecule has 0 aromatic carbocycles. The van der Waals surface area contributed by atoms with Gasteiger partial charge in [0.1, 0.15) is 5.54 Å². The summed E-state index contributed by atoms with van der Waals surface area (Å²) in [6.07, 6.45) is 5.88. The van der Waals surface area contributed by atoms with Gasteiger partial charge in [-0.3, -0.25) is 14.5 Å². The molecule has 0 radical (unpaired) electrons. The molecule has 2 heterocycles. The second-order valence-electron chi connectivity index (χ2n) is 6.52. The van der Waals surface area contributed by atoms with E-state index < -0.39 is 17.5 Å². The summed E-state index contributed by atoms with van der Waals surface area (Å²) in [4.78, 5) is 38.6. The number of imide groups is 1. The Kier molecular flexibility index (Phi) is 5.98. The van der Waals surface area contributed by atoms with Crippen LogP contribution >= 0.6 is 0 Å². The Hall–Kier alpha value is -1.63. The zero-order chi connectivity index (χ0) is 16.9. The van der Waals surface area contributed by atoms with Crippen LogP contribution < -0.4 is 5.32 Å². The van der Waals surface area contributed by atoms with Crippen LogP contribution in [0.25, 0.3) is 0 Å². The molecule has 3 amide bonds. The van der Waals surface area contributed by atoms with Crippen LogP contribution in [-0.4, -0.2) is 64.5 Å². The predicted molar refractivity (Wildman–Crippen MR) is 85.0 cm³/mol. The predicted octanol–water partition coefficient (Wildman–Crippen LogP) is 1.43. The van der Waals surface area contributed by atoms with Gasteiger partial charge in [-0.2, -0.15) is 0 Å². The van der Waals surface area contributed by atoms with E-state index in [9.17, 15) is 14.4 Å². The molecule has 0 saturated carbocycles. The first-order valence-electron chi connectivity index (χ1n) is 8.57. The lowest BCUT2D eigenvalue weighted by molar-refractivity contribution is -0.138. The Labute approximate surface area is 137 Å². The van der Waals surface area contributed by atoms with Crippen molar-refractivity contribution in [2.24, 2.45) is 0 Å². The third-order valence-electron chi connectivity index (χ3n) is 4.83. The molecule has 7 nitrogen and oxygen atoms in total. The second kappa shape index (κ2) is 7.77. The minimum absolute atomic E-state index is 0.0531. The second-order valence-corrected chi connectivity index (χ2v) is 6.52. The standard InChI is InChI=1S/C16H27N3O4/c1-2-3-4-5-9-18-11-7-16(8-12-18)14(22)19(15(23)17-16)10-6-13(20)21/h2-12H2,1H3,(H,17,23)(H,20,21). The lowest BCUT2D eigenvalue weighted by Crippen LogP contribution is -2.55. The van der Waals surface area contributed by atoms with Crippen molar-refractivity contribution in [2.75, 3.05) is 26.2 Å². The summed E-state index contributed by atoms with van der Waals surface area (Å²) in [6, 6.07) is -0.451. The number of carboxylic acid groups (broad SMARTS) is 1. The monoisotopic (exact) mass is 325 g/mol. The van der Waals surface area contributed by atoms with Crippen molar-refractivity contribution in [1.29, 1.82) is 0 Å². The molecule has 130 valence electrons. The van der Waals surface area contributed by atoms with Crippen molar-refractivity contribution < 1.29 is 19.5 Å². The number of carbonyl (C=O) groups excluding carboxylic acids is 2. The fourth-order valence-corrected chi connectivity index (χ4v) is 3.35. The lowest BCUT2D eigenvalue weighted by atomic mass is 9.87. The Morgan fingerprint density at radius 1 is 1.17 bits per heavy atom. The normalized spacial score (nSPS) is 21.0. The van der Waals surface area contributed by atoms with Crippen LogP contribution in [-0.2, 0) is 9.59 Å². The van der Waals surface area contributed by atoms with Crippen LogP contribution in [0.3, 0.4) is 0 Å². The van der Waals surface area contributed by atoms with Crippen molar-refractivity contribution in [3.63, 3.8) is 0 Å². The number of hydrogen-bond donors (Lipinski definition) is 2. The fraction of sp³-hybridized carbons (Fsp3) is 0.812. The molecular weight excluding hydrogens is 298 g/mol. The molecule has 2 rings (SSSR count). The van der Waals surface area contributed by atoms with Crippen molar-refractivity contribution in [2.45, 2.75) is 57.4 Å². The summed E-state index contributed by atoms with van der Waals surface area (Å²) in [7, 11) is 0. The van der Waals surface area contributed by atoms with E-state index in [1.807, 2.05) is 0 Å². The third-order valence-corrected chi connectivity index (χ3v) is 4.83. The quantitative estimate of drug-likeness (QED) is 0.520. The van der Waals surface area contributed by atoms with Gasteiger partial charge < -0.3 is 15.3 Å². The van der Waals surface area contributed by atoms with Crippen molar-refractivity contribution in [1.82, 2.24) is 15.1 Å². The lowest BCUT2D eigenvalue weighted by Gasteiger charge is -2.37. The van der Waals surface area contributed by atoms with Crippen LogP contribution in [0.4, 0.5) is 4.79 Å². The Morgan fingerprint density at radius 3 is 2.48 bits per heavy atom. The fourth-order valence-electron chi connectivity index (χ4n) is 3.35. The van der Waals surface area contributed by atoms with Gasteiger partial charge in [0.05, 0.1) is 6.42 Å². The molecule has 7 heteroatoms. The molecule has 0 bridgehead atoms. The molecular formula is C16H27N3O4. The Balaban J connectivity index is 1.84. The molecule has 0 aliphatic carbocycles. The number of carbonyl (C=O) groups is 3. The number of rotatable bonds is 8.